The predicted molar refractivity (Wildman–Crippen MR) is 358 cm³/mol. The van der Waals surface area contributed by atoms with Gasteiger partial charge >= 0.3 is 12.4 Å². The topological polar surface area (TPSA) is 117 Å². The van der Waals surface area contributed by atoms with E-state index < -0.39 is 237 Å². The van der Waals surface area contributed by atoms with E-state index in [9.17, 15) is 60.5 Å². The van der Waals surface area contributed by atoms with Gasteiger partial charge in [-0.25, -0.2) is 8.78 Å². The van der Waals surface area contributed by atoms with E-state index in [1.807, 2.05) is 18.7 Å². The lowest BCUT2D eigenvalue weighted by atomic mass is 9.98. The molecule has 502 valence electrons. The number of thioether (sulfide) groups is 2. The molecule has 0 saturated heterocycles. The highest BCUT2D eigenvalue weighted by molar-refractivity contribution is 7.98. The number of hydrogen-bond donors (Lipinski definition) is 0. The van der Waals surface area contributed by atoms with Crippen molar-refractivity contribution in [1.29, 1.82) is 0 Å². The van der Waals surface area contributed by atoms with Crippen LogP contribution in [0.2, 0.25) is 0 Å². The first-order valence-corrected chi connectivity index (χ1v) is 30.9. The number of amides is 2. The maximum Gasteiger partial charge on any atom is 0.416 e. The van der Waals surface area contributed by atoms with Gasteiger partial charge in [-0.05, 0) is 164 Å². The van der Waals surface area contributed by atoms with Crippen LogP contribution in [0.1, 0.15) is 142 Å². The number of halogens is 8. The van der Waals surface area contributed by atoms with Gasteiger partial charge in [0.05, 0.1) is 37.2 Å². The Bertz CT molecular complexity index is 5520. The molecule has 22 heteroatoms. The molecule has 2 aliphatic carbocycles. The van der Waals surface area contributed by atoms with Gasteiger partial charge in [0.2, 0.25) is 11.8 Å². The van der Waals surface area contributed by atoms with Crippen molar-refractivity contribution in [2.75, 3.05) is 52.4 Å². The third-order valence-electron chi connectivity index (χ3n) is 14.6. The van der Waals surface area contributed by atoms with E-state index in [4.69, 9.17) is 28.8 Å². The molecule has 0 saturated carbocycles. The number of carbonyl (C=O) groups excluding carboxylic acids is 2. The molecule has 2 amide bonds. The number of rotatable bonds is 26. The molecule has 0 bridgehead atoms. The Labute approximate surface area is 598 Å². The van der Waals surface area contributed by atoms with Crippen molar-refractivity contribution < 1.29 is 84.5 Å². The van der Waals surface area contributed by atoms with Crippen LogP contribution in [0, 0.1) is 18.6 Å². The van der Waals surface area contributed by atoms with Gasteiger partial charge in [0.1, 0.15) is 24.6 Å². The second-order valence-corrected chi connectivity index (χ2v) is 22.2. The Morgan fingerprint density at radius 2 is 1.04 bits per heavy atom. The molecule has 2 aromatic heterocycles. The van der Waals surface area contributed by atoms with Gasteiger partial charge < -0.3 is 28.7 Å². The molecule has 0 radical (unpaired) electrons. The van der Waals surface area contributed by atoms with Gasteiger partial charge in [-0.15, -0.1) is 0 Å². The maximum atomic E-state index is 15.1. The summed E-state index contributed by atoms with van der Waals surface area (Å²) in [6.45, 7) is -6.07. The van der Waals surface area contributed by atoms with E-state index in [0.717, 1.165) is 47.9 Å². The lowest BCUT2D eigenvalue weighted by Crippen LogP contribution is -2.40. The van der Waals surface area contributed by atoms with Crippen LogP contribution in [-0.2, 0) is 84.9 Å². The van der Waals surface area contributed by atoms with Crippen LogP contribution in [-0.4, -0.2) is 103 Å². The Hall–Kier alpha value is -7.92. The highest BCUT2D eigenvalue weighted by atomic mass is 32.2. The number of likely N-dealkylation sites (N-methyl/N-ethyl adjacent to an activating group) is 2. The number of carbonyl (C=O) groups is 2. The zero-order valence-corrected chi connectivity index (χ0v) is 52.9. The zero-order valence-electron chi connectivity index (χ0n) is 80.3. The first-order chi connectivity index (χ1) is 56.9. The third kappa shape index (κ3) is 19.0. The zero-order chi connectivity index (χ0) is 93.7. The summed E-state index contributed by atoms with van der Waals surface area (Å²) in [6.07, 6.45) is -20.3. The van der Waals surface area contributed by atoms with E-state index in [1.165, 1.54) is 36.4 Å². The summed E-state index contributed by atoms with van der Waals surface area (Å²) in [6, 6.07) is -0.0660. The van der Waals surface area contributed by atoms with Crippen molar-refractivity contribution in [2.24, 2.45) is 0 Å². The molecule has 2 aliphatic rings. The van der Waals surface area contributed by atoms with Crippen LogP contribution in [0.3, 0.4) is 0 Å². The fraction of sp³-hybridized carbons (Fsp3) is 0.370. The number of benzene rings is 6. The smallest absolute Gasteiger partial charge is 0.336 e. The fourth-order valence-corrected chi connectivity index (χ4v) is 10.8. The van der Waals surface area contributed by atoms with Gasteiger partial charge in [-0.2, -0.15) is 36.3 Å². The number of fused-ring (bicyclic) bond motifs is 2. The minimum absolute atomic E-state index is 0.00420. The number of aromatic nitrogens is 4. The summed E-state index contributed by atoms with van der Waals surface area (Å²) < 4.78 is 364. The van der Waals surface area contributed by atoms with Crippen LogP contribution in [0.5, 0.6) is 0 Å². The fourth-order valence-electron chi connectivity index (χ4n) is 9.41. The van der Waals surface area contributed by atoms with E-state index in [2.05, 4.69) is 9.97 Å². The molecule has 0 atom stereocenters. The second-order valence-electron chi connectivity index (χ2n) is 20.6. The van der Waals surface area contributed by atoms with Crippen molar-refractivity contribution in [3.63, 3.8) is 0 Å². The SMILES string of the molecule is [2H]c1c([2H])c(C([2H])([2H])N(CCN(CC)CC)C(=O)C([2H])([2H])n2c(SC([2H])([2H])c3ccc(F)cc3)nc(=O)c3c2C([2H])([2H])C([2H])([2H])C3([2H])[2H])c([2H])c([2H])c1-c1c([2H])c([2H])c(C(F)(F)F)c(C)c1[2H].[2H]c1c([2H])c(C([2H])([2H])Sc2nc(=O)c3c(n2C([2H])([2H])C(=O)N(CCN(CC)CC)C([2H])([2H])c2ccc(-c4ccc(C(F)(F)F)cc4)cc2)CCC3)c([2H])c([2H])c1F. The molecule has 8 aromatic rings. The van der Waals surface area contributed by atoms with Gasteiger partial charge in [0.25, 0.3) is 11.1 Å². The third-order valence-corrected chi connectivity index (χ3v) is 16.1. The maximum absolute atomic E-state index is 15.1. The molecule has 6 aromatic carbocycles. The van der Waals surface area contributed by atoms with Gasteiger partial charge in [0.15, 0.2) is 10.3 Å². The Morgan fingerprint density at radius 1 is 0.547 bits per heavy atom. The summed E-state index contributed by atoms with van der Waals surface area (Å²) in [4.78, 5) is 68.4. The number of hydrogen-bond acceptors (Lipinski definition) is 10. The van der Waals surface area contributed by atoms with E-state index in [0.29, 0.717) is 35.5 Å². The van der Waals surface area contributed by atoms with Crippen molar-refractivity contribution in [3.05, 3.63) is 233 Å². The molecule has 10 rings (SSSR count). The van der Waals surface area contributed by atoms with Crippen molar-refractivity contribution in [1.82, 2.24) is 38.7 Å². The van der Waals surface area contributed by atoms with Gasteiger partial charge in [-0.1, -0.05) is 148 Å². The summed E-state index contributed by atoms with van der Waals surface area (Å²) in [5.41, 5.74) is -18.5. The average molecular weight is 1380 g/mol. The Balaban J connectivity index is 0.000000285. The minimum atomic E-state index is -5.23. The van der Waals surface area contributed by atoms with Gasteiger partial charge in [0, 0.05) is 86.8 Å². The highest BCUT2D eigenvalue weighted by Gasteiger charge is 2.33. The molecule has 95 heavy (non-hydrogen) atoms. The summed E-state index contributed by atoms with van der Waals surface area (Å²) in [5, 5.41) is -1.93. The molecule has 12 nitrogen and oxygen atoms in total. The average Bonchev–Trinajstić information content (AvgIpc) is 1.51. The first kappa shape index (κ1) is 41.9. The van der Waals surface area contributed by atoms with E-state index >= 15 is 4.79 Å². The van der Waals surface area contributed by atoms with Crippen LogP contribution in [0.25, 0.3) is 22.3 Å². The molecular weight excluding hydrogens is 1270 g/mol. The van der Waals surface area contributed by atoms with Crippen LogP contribution < -0.4 is 11.1 Å². The molecule has 0 aliphatic heterocycles. The van der Waals surface area contributed by atoms with Crippen molar-refractivity contribution >= 4 is 35.3 Å². The van der Waals surface area contributed by atoms with Crippen LogP contribution in [0.4, 0.5) is 35.1 Å². The van der Waals surface area contributed by atoms with Crippen LogP contribution in [0.15, 0.2) is 159 Å². The molecule has 0 unspecified atom stereocenters. The van der Waals surface area contributed by atoms with Crippen molar-refractivity contribution in [3.8, 4) is 22.3 Å². The first-order valence-electron chi connectivity index (χ1n) is 43.8. The van der Waals surface area contributed by atoms with Crippen molar-refractivity contribution in [2.45, 2.75) is 133 Å². The van der Waals surface area contributed by atoms with Crippen LogP contribution >= 0.6 is 23.5 Å². The standard InChI is InChI=1S/C37H40F4N4O2S.C36H38F4N4O2S/c1-4-43(5-2)19-20-44(22-26-9-13-28(14-10-26)29-15-18-32(25(3)21-29)37(39,40)41)34(46)23-45-33-8-6-7-31(33)35(47)42-36(45)48-24-27-11-16-30(38)17-12-27;1-3-42(4-2)20-21-43(22-25-8-12-27(13-9-25)28-14-16-29(17-15-28)36(38,39)40)33(45)23-44-32-7-5-6-31(32)34(46)41-35(44)47-24-26-10-18-30(37)19-11-26/h9-18,21H,4-8,19-20,22-24H2,1-3H3;8-19H,3-7,20-24H2,1-2H3/i6D2,7D2,8D2,9D,10D,13D,14D,15D,18D,21D,22D2,23D2,24D2;10D,11D,18D,19D,22D2,23D2,24D2. The number of nitrogens with zero attached hydrogens (tertiary/aromatic N) is 8. The normalized spacial score (nSPS) is 19.8. The lowest BCUT2D eigenvalue weighted by molar-refractivity contribution is -0.138. The quantitative estimate of drug-likeness (QED) is 0.0295. The monoisotopic (exact) mass is 1380 g/mol. The largest absolute Gasteiger partial charge is 0.416 e. The highest BCUT2D eigenvalue weighted by Crippen LogP contribution is 2.36. The van der Waals surface area contributed by atoms with E-state index in [1.54, 1.807) is 18.7 Å². The summed E-state index contributed by atoms with van der Waals surface area (Å²) in [5.74, 6) is -5.85. The number of alkyl halides is 6. The molecule has 0 fully saturated rings. The molecule has 0 N–H and O–H groups in total. The Kier molecular flexibility index (Phi) is 14.4. The molecule has 2 heterocycles. The van der Waals surface area contributed by atoms with Gasteiger partial charge in [-0.3, -0.25) is 19.2 Å². The summed E-state index contributed by atoms with van der Waals surface area (Å²) in [7, 11) is 0. The minimum Gasteiger partial charge on any atom is -0.336 e. The molecular formula is C73H78F8N8O4S2. The second kappa shape index (κ2) is 32.7. The lowest BCUT2D eigenvalue weighted by Gasteiger charge is -2.28. The Morgan fingerprint density at radius 3 is 1.59 bits per heavy atom. The van der Waals surface area contributed by atoms with E-state index in [-0.39, 0.29) is 101 Å². The summed E-state index contributed by atoms with van der Waals surface area (Å²) >= 11 is -0.139. The molecule has 0 spiro atoms. The predicted octanol–water partition coefficient (Wildman–Crippen LogP) is 14.7.